The molecule has 0 saturated carbocycles. The molecule has 0 aromatic rings. The third-order valence-electron chi connectivity index (χ3n) is 2.35. The lowest BCUT2D eigenvalue weighted by Crippen LogP contribution is -2.23. The summed E-state index contributed by atoms with van der Waals surface area (Å²) >= 11 is 0. The number of hydrogen-bond acceptors (Lipinski definition) is 3. The smallest absolute Gasteiger partial charge is 0.306 e. The average Bonchev–Trinajstić information content (AvgIpc) is 2.12. The number of carbonyl (C=O) groups excluding carboxylic acids is 2. The molecule has 0 spiro atoms. The molecule has 94 valence electrons. The van der Waals surface area contributed by atoms with Gasteiger partial charge in [0.15, 0.2) is 0 Å². The van der Waals surface area contributed by atoms with Crippen molar-refractivity contribution in [1.82, 2.24) is 0 Å². The van der Waals surface area contributed by atoms with Crippen LogP contribution in [0, 0.1) is 11.3 Å². The van der Waals surface area contributed by atoms with E-state index < -0.39 is 0 Å². The summed E-state index contributed by atoms with van der Waals surface area (Å²) in [6.07, 6.45) is 1.62. The van der Waals surface area contributed by atoms with Crippen molar-refractivity contribution in [1.29, 1.82) is 0 Å². The number of hydrogen-bond donors (Lipinski definition) is 0. The van der Waals surface area contributed by atoms with E-state index in [-0.39, 0.29) is 23.1 Å². The molecule has 0 aliphatic heterocycles. The first-order valence-corrected chi connectivity index (χ1v) is 5.96. The number of esters is 1. The molecule has 0 saturated heterocycles. The van der Waals surface area contributed by atoms with E-state index in [0.717, 1.165) is 6.42 Å². The lowest BCUT2D eigenvalue weighted by atomic mass is 9.85. The van der Waals surface area contributed by atoms with E-state index in [2.05, 4.69) is 0 Å². The summed E-state index contributed by atoms with van der Waals surface area (Å²) < 4.78 is 4.98. The van der Waals surface area contributed by atoms with Gasteiger partial charge in [0.05, 0.1) is 6.61 Å². The van der Waals surface area contributed by atoms with Crippen LogP contribution in [0.4, 0.5) is 0 Å². The first kappa shape index (κ1) is 15.1. The van der Waals surface area contributed by atoms with Crippen LogP contribution in [0.1, 0.15) is 53.9 Å². The average molecular weight is 228 g/mol. The maximum absolute atomic E-state index is 11.7. The predicted octanol–water partition coefficient (Wildman–Crippen LogP) is 2.97. The van der Waals surface area contributed by atoms with Crippen LogP contribution >= 0.6 is 0 Å². The number of carbonyl (C=O) groups is 2. The lowest BCUT2D eigenvalue weighted by Gasteiger charge is -2.19. The van der Waals surface area contributed by atoms with Crippen LogP contribution < -0.4 is 0 Å². The molecule has 16 heavy (non-hydrogen) atoms. The zero-order chi connectivity index (χ0) is 12.8. The van der Waals surface area contributed by atoms with Crippen LogP contribution in [0.2, 0.25) is 0 Å². The lowest BCUT2D eigenvalue weighted by molar-refractivity contribution is -0.144. The van der Waals surface area contributed by atoms with Gasteiger partial charge in [0.25, 0.3) is 0 Å². The Morgan fingerprint density at radius 3 is 2.19 bits per heavy atom. The van der Waals surface area contributed by atoms with Crippen molar-refractivity contribution in [2.75, 3.05) is 6.61 Å². The fraction of sp³-hybridized carbons (Fsp3) is 0.846. The molecule has 0 heterocycles. The van der Waals surface area contributed by atoms with Crippen molar-refractivity contribution < 1.29 is 14.3 Å². The minimum Gasteiger partial charge on any atom is -0.466 e. The molecule has 0 aromatic heterocycles. The van der Waals surface area contributed by atoms with E-state index in [1.54, 1.807) is 0 Å². The second kappa shape index (κ2) is 6.66. The molecule has 0 aliphatic carbocycles. The van der Waals surface area contributed by atoms with Crippen LogP contribution in [-0.4, -0.2) is 18.4 Å². The van der Waals surface area contributed by atoms with Crippen molar-refractivity contribution in [2.24, 2.45) is 11.3 Å². The highest BCUT2D eigenvalue weighted by Crippen LogP contribution is 2.21. The summed E-state index contributed by atoms with van der Waals surface area (Å²) in [7, 11) is 0. The van der Waals surface area contributed by atoms with Crippen LogP contribution in [-0.2, 0) is 14.3 Å². The summed E-state index contributed by atoms with van der Waals surface area (Å²) in [6, 6.07) is 0. The van der Waals surface area contributed by atoms with Gasteiger partial charge in [0.1, 0.15) is 5.78 Å². The third kappa shape index (κ3) is 6.59. The minimum atomic E-state index is -0.318. The Labute approximate surface area is 98.6 Å². The highest BCUT2D eigenvalue weighted by atomic mass is 16.5. The van der Waals surface area contributed by atoms with Crippen molar-refractivity contribution in [3.8, 4) is 0 Å². The number of ketones is 1. The van der Waals surface area contributed by atoms with E-state index in [9.17, 15) is 9.59 Å². The SMILES string of the molecule is CCCOC(=O)C[C@H](C)CC(=O)C(C)(C)C. The first-order valence-electron chi connectivity index (χ1n) is 5.96. The van der Waals surface area contributed by atoms with Crippen LogP contribution in [0.3, 0.4) is 0 Å². The van der Waals surface area contributed by atoms with E-state index in [4.69, 9.17) is 4.74 Å². The maximum atomic E-state index is 11.7. The van der Waals surface area contributed by atoms with Crippen molar-refractivity contribution in [2.45, 2.75) is 53.9 Å². The molecule has 0 amide bonds. The number of Topliss-reactive ketones (excluding diaryl/α,β-unsaturated/α-hetero) is 1. The normalized spacial score (nSPS) is 13.3. The maximum Gasteiger partial charge on any atom is 0.306 e. The standard InChI is InChI=1S/C13H24O3/c1-6-7-16-12(15)9-10(2)8-11(14)13(3,4)5/h10H,6-9H2,1-5H3/t10-/m1/s1. The number of rotatable bonds is 6. The number of ether oxygens (including phenoxy) is 1. The highest BCUT2D eigenvalue weighted by Gasteiger charge is 2.24. The van der Waals surface area contributed by atoms with E-state index in [0.29, 0.717) is 19.4 Å². The Morgan fingerprint density at radius 2 is 1.75 bits per heavy atom. The molecular weight excluding hydrogens is 204 g/mol. The van der Waals surface area contributed by atoms with E-state index in [1.807, 2.05) is 34.6 Å². The van der Waals surface area contributed by atoms with Crippen molar-refractivity contribution in [3.05, 3.63) is 0 Å². The van der Waals surface area contributed by atoms with Gasteiger partial charge in [-0.25, -0.2) is 0 Å². The molecule has 0 bridgehead atoms. The Morgan fingerprint density at radius 1 is 1.19 bits per heavy atom. The van der Waals surface area contributed by atoms with Gasteiger partial charge in [-0.15, -0.1) is 0 Å². The second-order valence-electron chi connectivity index (χ2n) is 5.41. The quantitative estimate of drug-likeness (QED) is 0.656. The van der Waals surface area contributed by atoms with Crippen molar-refractivity contribution >= 4 is 11.8 Å². The first-order chi connectivity index (χ1) is 7.27. The summed E-state index contributed by atoms with van der Waals surface area (Å²) in [5, 5.41) is 0. The monoisotopic (exact) mass is 228 g/mol. The minimum absolute atomic E-state index is 0.0658. The second-order valence-corrected chi connectivity index (χ2v) is 5.41. The molecule has 1 atom stereocenters. The van der Waals surface area contributed by atoms with Gasteiger partial charge in [0.2, 0.25) is 0 Å². The third-order valence-corrected chi connectivity index (χ3v) is 2.35. The van der Waals surface area contributed by atoms with Gasteiger partial charge in [-0.05, 0) is 12.3 Å². The van der Waals surface area contributed by atoms with Crippen LogP contribution in [0.15, 0.2) is 0 Å². The molecule has 0 fully saturated rings. The van der Waals surface area contributed by atoms with Gasteiger partial charge < -0.3 is 4.74 Å². The Bertz CT molecular complexity index is 238. The summed E-state index contributed by atoms with van der Waals surface area (Å²) in [4.78, 5) is 23.0. The van der Waals surface area contributed by atoms with Gasteiger partial charge in [-0.2, -0.15) is 0 Å². The molecule has 0 N–H and O–H groups in total. The Kier molecular flexibility index (Phi) is 6.31. The largest absolute Gasteiger partial charge is 0.466 e. The molecule has 3 nitrogen and oxygen atoms in total. The van der Waals surface area contributed by atoms with Crippen LogP contribution in [0.5, 0.6) is 0 Å². The summed E-state index contributed by atoms with van der Waals surface area (Å²) in [6.45, 7) is 10.0. The molecule has 0 radical (unpaired) electrons. The van der Waals surface area contributed by atoms with Crippen LogP contribution in [0.25, 0.3) is 0 Å². The van der Waals surface area contributed by atoms with E-state index >= 15 is 0 Å². The highest BCUT2D eigenvalue weighted by molar-refractivity contribution is 5.84. The topological polar surface area (TPSA) is 43.4 Å². The summed E-state index contributed by atoms with van der Waals surface area (Å²) in [5.74, 6) is 0.0652. The van der Waals surface area contributed by atoms with Gasteiger partial charge in [0, 0.05) is 18.3 Å². The Balaban J connectivity index is 3.95. The molecule has 0 aromatic carbocycles. The fourth-order valence-electron chi connectivity index (χ4n) is 1.25. The zero-order valence-corrected chi connectivity index (χ0v) is 11.1. The van der Waals surface area contributed by atoms with E-state index in [1.165, 1.54) is 0 Å². The molecule has 0 unspecified atom stereocenters. The molecule has 0 aliphatic rings. The molecular formula is C13H24O3. The van der Waals surface area contributed by atoms with Gasteiger partial charge in [-0.1, -0.05) is 34.6 Å². The molecule has 0 rings (SSSR count). The summed E-state index contributed by atoms with van der Waals surface area (Å²) in [5.41, 5.74) is -0.318. The fourth-order valence-corrected chi connectivity index (χ4v) is 1.25. The van der Waals surface area contributed by atoms with Crippen molar-refractivity contribution in [3.63, 3.8) is 0 Å². The van der Waals surface area contributed by atoms with Gasteiger partial charge >= 0.3 is 5.97 Å². The molecule has 3 heteroatoms. The van der Waals surface area contributed by atoms with Gasteiger partial charge in [-0.3, -0.25) is 9.59 Å². The predicted molar refractivity (Wildman–Crippen MR) is 64.1 cm³/mol. The zero-order valence-electron chi connectivity index (χ0n) is 11.1. The Hall–Kier alpha value is -0.860.